The summed E-state index contributed by atoms with van der Waals surface area (Å²) in [6.45, 7) is 6.23. The summed E-state index contributed by atoms with van der Waals surface area (Å²) in [6.07, 6.45) is 0.759. The largest absolute Gasteiger partial charge is 0.465 e. The van der Waals surface area contributed by atoms with Gasteiger partial charge >= 0.3 is 5.97 Å². The van der Waals surface area contributed by atoms with Crippen LogP contribution in [0.15, 0.2) is 42.5 Å². The van der Waals surface area contributed by atoms with Gasteiger partial charge in [0.05, 0.1) is 12.7 Å². The molecule has 122 valence electrons. The Morgan fingerprint density at radius 1 is 1.04 bits per heavy atom. The molecule has 0 bridgehead atoms. The van der Waals surface area contributed by atoms with Crippen molar-refractivity contribution in [3.05, 3.63) is 70.5 Å². The van der Waals surface area contributed by atoms with Crippen molar-refractivity contribution in [1.29, 1.82) is 0 Å². The predicted molar refractivity (Wildman–Crippen MR) is 90.4 cm³/mol. The van der Waals surface area contributed by atoms with Gasteiger partial charge in [-0.15, -0.1) is 0 Å². The Hall–Kier alpha value is -2.16. The molecule has 2 aromatic rings. The normalized spacial score (nSPS) is 12.3. The summed E-state index contributed by atoms with van der Waals surface area (Å²) >= 11 is 0. The zero-order chi connectivity index (χ0) is 17.0. The number of ether oxygens (including phenoxy) is 1. The Bertz CT molecular complexity index is 675. The molecular formula is C20H23FO2. The highest BCUT2D eigenvalue weighted by atomic mass is 19.1. The summed E-state index contributed by atoms with van der Waals surface area (Å²) in [6, 6.07) is 12.7. The molecule has 2 aromatic carbocycles. The second-order valence-electron chi connectivity index (χ2n) is 6.27. The number of methoxy groups -OCH3 is 1. The zero-order valence-corrected chi connectivity index (χ0v) is 14.1. The van der Waals surface area contributed by atoms with Gasteiger partial charge in [-0.25, -0.2) is 9.18 Å². The highest BCUT2D eigenvalue weighted by Gasteiger charge is 2.11. The fourth-order valence-corrected chi connectivity index (χ4v) is 2.66. The number of benzene rings is 2. The third-order valence-corrected chi connectivity index (χ3v) is 4.09. The van der Waals surface area contributed by atoms with Crippen LogP contribution in [0.5, 0.6) is 0 Å². The maximum atomic E-state index is 13.8. The number of carbonyl (C=O) groups excluding carboxylic acids is 1. The molecule has 0 heterocycles. The molecule has 0 aromatic heterocycles. The second kappa shape index (κ2) is 7.40. The lowest BCUT2D eigenvalue weighted by Crippen LogP contribution is -2.03. The fourth-order valence-electron chi connectivity index (χ4n) is 2.66. The van der Waals surface area contributed by atoms with E-state index in [2.05, 4.69) is 26.8 Å². The van der Waals surface area contributed by atoms with Gasteiger partial charge in [-0.3, -0.25) is 0 Å². The Kier molecular flexibility index (Phi) is 5.54. The molecule has 1 atom stereocenters. The first-order chi connectivity index (χ1) is 10.9. The fraction of sp³-hybridized carbons (Fsp3) is 0.350. The van der Waals surface area contributed by atoms with E-state index >= 15 is 0 Å². The summed E-state index contributed by atoms with van der Waals surface area (Å²) in [5.74, 6) is 0.0259. The van der Waals surface area contributed by atoms with E-state index in [-0.39, 0.29) is 17.7 Å². The summed E-state index contributed by atoms with van der Waals surface area (Å²) in [7, 11) is 1.37. The number of hydrogen-bond donors (Lipinski definition) is 0. The minimum absolute atomic E-state index is 0.181. The van der Waals surface area contributed by atoms with E-state index in [0.717, 1.165) is 23.1 Å². The quantitative estimate of drug-likeness (QED) is 0.719. The molecule has 0 aliphatic rings. The van der Waals surface area contributed by atoms with Crippen LogP contribution in [-0.4, -0.2) is 13.1 Å². The highest BCUT2D eigenvalue weighted by molar-refractivity contribution is 5.89. The van der Waals surface area contributed by atoms with Crippen molar-refractivity contribution < 1.29 is 13.9 Å². The molecule has 0 aliphatic heterocycles. The van der Waals surface area contributed by atoms with Crippen molar-refractivity contribution in [2.45, 2.75) is 39.0 Å². The van der Waals surface area contributed by atoms with Crippen LogP contribution in [0.2, 0.25) is 0 Å². The lowest BCUT2D eigenvalue weighted by molar-refractivity contribution is 0.0600. The smallest absolute Gasteiger partial charge is 0.337 e. The standard InChI is InChI=1S/C20H23FO2/c1-13(2)18-10-15(11-19(21)12-18)9-14(3)16-5-7-17(8-6-16)20(22)23-4/h5-8,10-14H,9H2,1-4H3. The SMILES string of the molecule is COC(=O)c1ccc(C(C)Cc2cc(F)cc(C(C)C)c2)cc1. The van der Waals surface area contributed by atoms with Gasteiger partial charge in [0.25, 0.3) is 0 Å². The molecule has 2 rings (SSSR count). The predicted octanol–water partition coefficient (Wildman–Crippen LogP) is 5.08. The van der Waals surface area contributed by atoms with Crippen molar-refractivity contribution in [2.24, 2.45) is 0 Å². The van der Waals surface area contributed by atoms with Gasteiger partial charge in [0, 0.05) is 0 Å². The van der Waals surface area contributed by atoms with E-state index in [1.54, 1.807) is 24.3 Å². The van der Waals surface area contributed by atoms with Gasteiger partial charge < -0.3 is 4.74 Å². The molecule has 0 saturated heterocycles. The van der Waals surface area contributed by atoms with E-state index in [0.29, 0.717) is 11.5 Å². The number of hydrogen-bond acceptors (Lipinski definition) is 2. The minimum atomic E-state index is -0.337. The highest BCUT2D eigenvalue weighted by Crippen LogP contribution is 2.24. The van der Waals surface area contributed by atoms with Crippen molar-refractivity contribution in [2.75, 3.05) is 7.11 Å². The first-order valence-corrected chi connectivity index (χ1v) is 7.88. The Morgan fingerprint density at radius 3 is 2.26 bits per heavy atom. The first-order valence-electron chi connectivity index (χ1n) is 7.88. The number of halogens is 1. The summed E-state index contributed by atoms with van der Waals surface area (Å²) in [4.78, 5) is 11.5. The topological polar surface area (TPSA) is 26.3 Å². The average Bonchev–Trinajstić information content (AvgIpc) is 2.53. The zero-order valence-electron chi connectivity index (χ0n) is 14.1. The molecule has 0 saturated carbocycles. The Morgan fingerprint density at radius 2 is 1.70 bits per heavy atom. The Balaban J connectivity index is 2.15. The third-order valence-electron chi connectivity index (χ3n) is 4.09. The van der Waals surface area contributed by atoms with Gasteiger partial charge in [-0.05, 0) is 59.2 Å². The second-order valence-corrected chi connectivity index (χ2v) is 6.27. The van der Waals surface area contributed by atoms with Crippen LogP contribution >= 0.6 is 0 Å². The number of carbonyl (C=O) groups is 1. The summed E-state index contributed by atoms with van der Waals surface area (Å²) in [5.41, 5.74) is 3.68. The van der Waals surface area contributed by atoms with Gasteiger partial charge in [0.1, 0.15) is 5.82 Å². The monoisotopic (exact) mass is 314 g/mol. The molecule has 23 heavy (non-hydrogen) atoms. The lowest BCUT2D eigenvalue weighted by Gasteiger charge is -2.14. The molecule has 0 spiro atoms. The van der Waals surface area contributed by atoms with Crippen LogP contribution in [-0.2, 0) is 11.2 Å². The van der Waals surface area contributed by atoms with Crippen molar-refractivity contribution in [3.8, 4) is 0 Å². The molecule has 0 fully saturated rings. The van der Waals surface area contributed by atoms with Crippen LogP contribution in [0.25, 0.3) is 0 Å². The van der Waals surface area contributed by atoms with Crippen molar-refractivity contribution in [3.63, 3.8) is 0 Å². The molecule has 0 N–H and O–H groups in total. The lowest BCUT2D eigenvalue weighted by atomic mass is 9.91. The van der Waals surface area contributed by atoms with Crippen LogP contribution in [0.3, 0.4) is 0 Å². The summed E-state index contributed by atoms with van der Waals surface area (Å²) < 4.78 is 18.5. The van der Waals surface area contributed by atoms with Crippen LogP contribution < -0.4 is 0 Å². The maximum absolute atomic E-state index is 13.8. The van der Waals surface area contributed by atoms with Crippen molar-refractivity contribution in [1.82, 2.24) is 0 Å². The van der Waals surface area contributed by atoms with Gasteiger partial charge in [0.15, 0.2) is 0 Å². The van der Waals surface area contributed by atoms with E-state index in [9.17, 15) is 9.18 Å². The molecule has 0 amide bonds. The van der Waals surface area contributed by atoms with Gasteiger partial charge in [-0.2, -0.15) is 0 Å². The Labute approximate surface area is 137 Å². The van der Waals surface area contributed by atoms with Gasteiger partial charge in [-0.1, -0.05) is 39.0 Å². The molecule has 0 radical (unpaired) electrons. The molecular weight excluding hydrogens is 291 g/mol. The van der Waals surface area contributed by atoms with E-state index < -0.39 is 0 Å². The van der Waals surface area contributed by atoms with E-state index in [1.807, 2.05) is 12.1 Å². The van der Waals surface area contributed by atoms with E-state index in [1.165, 1.54) is 7.11 Å². The molecule has 0 aliphatic carbocycles. The molecule has 1 unspecified atom stereocenters. The maximum Gasteiger partial charge on any atom is 0.337 e. The number of rotatable bonds is 5. The molecule has 2 nitrogen and oxygen atoms in total. The van der Waals surface area contributed by atoms with Crippen LogP contribution in [0.4, 0.5) is 4.39 Å². The van der Waals surface area contributed by atoms with Crippen molar-refractivity contribution >= 4 is 5.97 Å². The van der Waals surface area contributed by atoms with Gasteiger partial charge in [0.2, 0.25) is 0 Å². The minimum Gasteiger partial charge on any atom is -0.465 e. The average molecular weight is 314 g/mol. The number of esters is 1. The first kappa shape index (κ1) is 17.2. The van der Waals surface area contributed by atoms with Crippen LogP contribution in [0.1, 0.15) is 59.7 Å². The molecule has 3 heteroatoms. The third kappa shape index (κ3) is 4.41. The van der Waals surface area contributed by atoms with E-state index in [4.69, 9.17) is 4.74 Å². The summed E-state index contributed by atoms with van der Waals surface area (Å²) in [5, 5.41) is 0. The van der Waals surface area contributed by atoms with Crippen LogP contribution in [0, 0.1) is 5.82 Å².